The maximum absolute atomic E-state index is 10.3. The van der Waals surface area contributed by atoms with Gasteiger partial charge < -0.3 is 14.9 Å². The third-order valence-electron chi connectivity index (χ3n) is 8.51. The van der Waals surface area contributed by atoms with Gasteiger partial charge in [0.05, 0.1) is 6.54 Å². The molecule has 0 bridgehead atoms. The quantitative estimate of drug-likeness (QED) is 0.0556. The monoisotopic (exact) mass is 634 g/mol. The van der Waals surface area contributed by atoms with E-state index in [0.29, 0.717) is 13.0 Å². The molecule has 0 fully saturated rings. The van der Waals surface area contributed by atoms with Crippen LogP contribution in [0.15, 0.2) is 29.3 Å². The molecular formula is C40H75NO4. The molecule has 0 atom stereocenters. The summed E-state index contributed by atoms with van der Waals surface area (Å²) in [7, 11) is 0. The molecule has 0 saturated carbocycles. The average Bonchev–Trinajstić information content (AvgIpc) is 3.56. The van der Waals surface area contributed by atoms with Crippen LogP contribution in [0.1, 0.15) is 200 Å². The highest BCUT2D eigenvalue weighted by Gasteiger charge is 2.05. The lowest BCUT2D eigenvalue weighted by molar-refractivity contribution is -0.137. The van der Waals surface area contributed by atoms with Crippen LogP contribution in [-0.4, -0.2) is 41.8 Å². The van der Waals surface area contributed by atoms with Gasteiger partial charge >= 0.3 is 5.97 Å². The molecule has 0 unspecified atom stereocenters. The van der Waals surface area contributed by atoms with E-state index in [0.717, 1.165) is 44.7 Å². The van der Waals surface area contributed by atoms with Crippen LogP contribution in [0.25, 0.3) is 0 Å². The molecule has 0 aromatic rings. The minimum Gasteiger partial charge on any atom is -0.481 e. The van der Waals surface area contributed by atoms with Gasteiger partial charge in [-0.25, -0.2) is 0 Å². The van der Waals surface area contributed by atoms with Crippen molar-refractivity contribution in [1.29, 1.82) is 0 Å². The minimum absolute atomic E-state index is 0.332. The molecule has 0 radical (unpaired) electrons. The third kappa shape index (κ3) is 38.5. The molecule has 0 spiro atoms. The molecule has 1 aliphatic rings. The number of carboxylic acid groups (broad SMARTS) is 1. The molecule has 1 rings (SSSR count). The highest BCUT2D eigenvalue weighted by Crippen LogP contribution is 2.13. The first-order valence-electron chi connectivity index (χ1n) is 19.5. The molecule has 2 N–H and O–H groups in total. The lowest BCUT2D eigenvalue weighted by atomic mass is 10.1. The van der Waals surface area contributed by atoms with E-state index < -0.39 is 5.97 Å². The lowest BCUT2D eigenvalue weighted by Crippen LogP contribution is -1.98. The Morgan fingerprint density at radius 2 is 1.00 bits per heavy atom. The summed E-state index contributed by atoms with van der Waals surface area (Å²) < 4.78 is 5.42. The zero-order valence-electron chi connectivity index (χ0n) is 29.8. The van der Waals surface area contributed by atoms with Gasteiger partial charge in [-0.3, -0.25) is 9.79 Å². The SMILES string of the molecule is CCCCCCCCC=CCCCCCCCC(=O)O.OCCCCCCCCCC=CCCCCCCCCC1=NCCO1. The Kier molecular flexibility index (Phi) is 37.2. The number of carboxylic acids is 1. The molecule has 0 aliphatic carbocycles. The van der Waals surface area contributed by atoms with Gasteiger partial charge in [-0.2, -0.15) is 0 Å². The molecule has 5 heteroatoms. The number of aliphatic hydroxyl groups excluding tert-OH is 1. The maximum Gasteiger partial charge on any atom is 0.303 e. The summed E-state index contributed by atoms with van der Waals surface area (Å²) in [4.78, 5) is 14.7. The first kappa shape index (κ1) is 43.4. The molecule has 0 aromatic carbocycles. The topological polar surface area (TPSA) is 79.1 Å². The summed E-state index contributed by atoms with van der Waals surface area (Å²) in [5, 5.41) is 17.2. The van der Waals surface area contributed by atoms with E-state index in [1.54, 1.807) is 0 Å². The van der Waals surface area contributed by atoms with E-state index in [1.807, 2.05) is 0 Å². The number of carbonyl (C=O) groups is 1. The molecule has 0 saturated heterocycles. The maximum atomic E-state index is 10.3. The summed E-state index contributed by atoms with van der Waals surface area (Å²) >= 11 is 0. The van der Waals surface area contributed by atoms with Crippen LogP contribution >= 0.6 is 0 Å². The fourth-order valence-corrected chi connectivity index (χ4v) is 5.62. The first-order valence-corrected chi connectivity index (χ1v) is 19.5. The number of hydrogen-bond acceptors (Lipinski definition) is 4. The predicted octanol–water partition coefficient (Wildman–Crippen LogP) is 12.3. The third-order valence-corrected chi connectivity index (χ3v) is 8.51. The molecular weight excluding hydrogens is 558 g/mol. The van der Waals surface area contributed by atoms with Crippen molar-refractivity contribution < 1.29 is 19.7 Å². The van der Waals surface area contributed by atoms with Gasteiger partial charge in [0.15, 0.2) is 5.90 Å². The molecule has 45 heavy (non-hydrogen) atoms. The Labute approximate surface area is 279 Å². The molecule has 1 heterocycles. The number of rotatable bonds is 33. The number of aliphatic imine (C=N–C) groups is 1. The fraction of sp³-hybridized carbons (Fsp3) is 0.850. The van der Waals surface area contributed by atoms with Crippen molar-refractivity contribution in [3.8, 4) is 0 Å². The van der Waals surface area contributed by atoms with E-state index in [4.69, 9.17) is 14.9 Å². The number of aliphatic hydroxyl groups is 1. The highest BCUT2D eigenvalue weighted by atomic mass is 16.5. The normalized spacial score (nSPS) is 12.9. The van der Waals surface area contributed by atoms with E-state index in [-0.39, 0.29) is 0 Å². The number of ether oxygens (including phenoxy) is 1. The summed E-state index contributed by atoms with van der Waals surface area (Å²) in [6.45, 7) is 4.29. The van der Waals surface area contributed by atoms with Crippen molar-refractivity contribution in [1.82, 2.24) is 0 Å². The summed E-state index contributed by atoms with van der Waals surface area (Å²) in [6.07, 6.45) is 46.4. The lowest BCUT2D eigenvalue weighted by Gasteiger charge is -2.02. The van der Waals surface area contributed by atoms with Crippen LogP contribution in [0.5, 0.6) is 0 Å². The summed E-state index contributed by atoms with van der Waals surface area (Å²) in [5.74, 6) is 0.328. The Bertz CT molecular complexity index is 688. The molecule has 1 aliphatic heterocycles. The van der Waals surface area contributed by atoms with Gasteiger partial charge in [0, 0.05) is 19.4 Å². The molecule has 5 nitrogen and oxygen atoms in total. The van der Waals surface area contributed by atoms with E-state index in [9.17, 15) is 4.79 Å². The average molecular weight is 634 g/mol. The van der Waals surface area contributed by atoms with Gasteiger partial charge in [-0.05, 0) is 70.6 Å². The van der Waals surface area contributed by atoms with Crippen LogP contribution in [-0.2, 0) is 9.53 Å². The van der Waals surface area contributed by atoms with Gasteiger partial charge in [-0.15, -0.1) is 0 Å². The van der Waals surface area contributed by atoms with Crippen LogP contribution in [0.4, 0.5) is 0 Å². The number of unbranched alkanes of at least 4 members (excludes halogenated alkanes) is 24. The second kappa shape index (κ2) is 38.6. The molecule has 264 valence electrons. The summed E-state index contributed by atoms with van der Waals surface area (Å²) in [6, 6.07) is 0. The van der Waals surface area contributed by atoms with Gasteiger partial charge in [-0.1, -0.05) is 140 Å². The first-order chi connectivity index (χ1) is 22.2. The number of nitrogens with zero attached hydrogens (tertiary/aromatic N) is 1. The van der Waals surface area contributed by atoms with Crippen molar-refractivity contribution in [2.24, 2.45) is 4.99 Å². The van der Waals surface area contributed by atoms with Gasteiger partial charge in [0.1, 0.15) is 6.61 Å². The highest BCUT2D eigenvalue weighted by molar-refractivity contribution is 5.77. The van der Waals surface area contributed by atoms with Crippen molar-refractivity contribution in [3.63, 3.8) is 0 Å². The van der Waals surface area contributed by atoms with Crippen molar-refractivity contribution in [2.45, 2.75) is 200 Å². The van der Waals surface area contributed by atoms with Crippen molar-refractivity contribution >= 4 is 11.9 Å². The summed E-state index contributed by atoms with van der Waals surface area (Å²) in [5.41, 5.74) is 0. The smallest absolute Gasteiger partial charge is 0.303 e. The Morgan fingerprint density at radius 3 is 1.40 bits per heavy atom. The number of aliphatic carboxylic acids is 1. The Hall–Kier alpha value is -1.62. The zero-order chi connectivity index (χ0) is 32.7. The number of hydrogen-bond donors (Lipinski definition) is 2. The van der Waals surface area contributed by atoms with Crippen LogP contribution in [0.3, 0.4) is 0 Å². The largest absolute Gasteiger partial charge is 0.481 e. The van der Waals surface area contributed by atoms with Crippen molar-refractivity contribution in [3.05, 3.63) is 24.3 Å². The van der Waals surface area contributed by atoms with Gasteiger partial charge in [0.25, 0.3) is 0 Å². The van der Waals surface area contributed by atoms with Crippen LogP contribution in [0.2, 0.25) is 0 Å². The van der Waals surface area contributed by atoms with E-state index in [1.165, 1.54) is 161 Å². The fourth-order valence-electron chi connectivity index (χ4n) is 5.62. The van der Waals surface area contributed by atoms with E-state index >= 15 is 0 Å². The second-order valence-electron chi connectivity index (χ2n) is 13.0. The van der Waals surface area contributed by atoms with E-state index in [2.05, 4.69) is 36.2 Å². The Morgan fingerprint density at radius 1 is 0.600 bits per heavy atom. The zero-order valence-corrected chi connectivity index (χ0v) is 29.8. The standard InChI is InChI=1S/C22H41NO2.C18H34O2/c24-20-17-15-13-11-9-7-5-3-1-2-4-6-8-10-12-14-16-18-22-23-19-21-25-22;1-2-3-4-5-6-7-8-9-10-11-12-13-14-15-16-17-18(19)20/h1-2,24H,3-21H2;9-10H,2-8,11-17H2,1H3,(H,19,20). The predicted molar refractivity (Wildman–Crippen MR) is 195 cm³/mol. The molecule has 0 amide bonds. The van der Waals surface area contributed by atoms with Crippen molar-refractivity contribution in [2.75, 3.05) is 19.8 Å². The number of allylic oxidation sites excluding steroid dienone is 4. The second-order valence-corrected chi connectivity index (χ2v) is 13.0. The minimum atomic E-state index is -0.664. The van der Waals surface area contributed by atoms with Gasteiger partial charge in [0.2, 0.25) is 0 Å². The van der Waals surface area contributed by atoms with Crippen LogP contribution in [0, 0.1) is 0 Å². The Balaban J connectivity index is 0.000000884. The van der Waals surface area contributed by atoms with Crippen LogP contribution < -0.4 is 0 Å². The molecule has 0 aromatic heterocycles.